The number of nitrogens with zero attached hydrogens (tertiary/aromatic N) is 1. The zero-order chi connectivity index (χ0) is 15.3. The number of hydrogen-bond acceptors (Lipinski definition) is 7. The quantitative estimate of drug-likeness (QED) is 0.265. The second-order valence-electron chi connectivity index (χ2n) is 4.26. The smallest absolute Gasteiger partial charge is 0.335 e. The van der Waals surface area contributed by atoms with E-state index in [0.717, 1.165) is 18.1 Å². The third kappa shape index (κ3) is 3.97. The Morgan fingerprint density at radius 2 is 1.95 bits per heavy atom. The number of carboxylic acid groups (broad SMARTS) is 2. The van der Waals surface area contributed by atoms with Crippen LogP contribution in [0, 0.1) is 0 Å². The van der Waals surface area contributed by atoms with Gasteiger partial charge in [0.2, 0.25) is 0 Å². The zero-order valence-electron chi connectivity index (χ0n) is 10.8. The maximum atomic E-state index is 11.0. The molecule has 1 aromatic rings. The average Bonchev–Trinajstić information content (AvgIpc) is 2.38. The Hall–Kier alpha value is -2.06. The number of aromatic carboxylic acids is 2. The molecular formula is C12H12NO6S-. The molecule has 1 N–H and O–H groups in total. The lowest BCUT2D eigenvalue weighted by Crippen LogP contribution is -2.24. The summed E-state index contributed by atoms with van der Waals surface area (Å²) < 4.78 is 3.90. The van der Waals surface area contributed by atoms with Gasteiger partial charge in [-0.25, -0.2) is 9.78 Å². The van der Waals surface area contributed by atoms with Crippen LogP contribution in [0.25, 0.3) is 0 Å². The van der Waals surface area contributed by atoms with Gasteiger partial charge in [0.25, 0.3) is 0 Å². The van der Waals surface area contributed by atoms with Gasteiger partial charge in [0.1, 0.15) is 0 Å². The largest absolute Gasteiger partial charge is 0.545 e. The van der Waals surface area contributed by atoms with Crippen molar-refractivity contribution in [3.05, 3.63) is 34.9 Å². The minimum absolute atomic E-state index is 0.155. The maximum Gasteiger partial charge on any atom is 0.335 e. The van der Waals surface area contributed by atoms with Gasteiger partial charge in [-0.15, -0.1) is 0 Å². The van der Waals surface area contributed by atoms with Gasteiger partial charge >= 0.3 is 5.97 Å². The summed E-state index contributed by atoms with van der Waals surface area (Å²) in [5, 5.41) is 23.0. The van der Waals surface area contributed by atoms with E-state index in [1.165, 1.54) is 12.1 Å². The lowest BCUT2D eigenvalue weighted by atomic mass is 9.97. The number of rotatable bonds is 7. The van der Waals surface area contributed by atoms with Gasteiger partial charge in [-0.1, -0.05) is 9.49 Å². The molecule has 0 saturated carbocycles. The van der Waals surface area contributed by atoms with Crippen molar-refractivity contribution in [3.63, 3.8) is 0 Å². The topological polar surface area (TPSA) is 108 Å². The molecule has 0 bridgehead atoms. The van der Waals surface area contributed by atoms with Gasteiger partial charge in [0.15, 0.2) is 0 Å². The normalized spacial score (nSPS) is 10.9. The fourth-order valence-electron chi connectivity index (χ4n) is 1.39. The van der Waals surface area contributed by atoms with Crippen molar-refractivity contribution < 1.29 is 29.1 Å². The van der Waals surface area contributed by atoms with Crippen molar-refractivity contribution in [2.45, 2.75) is 18.6 Å². The highest BCUT2D eigenvalue weighted by molar-refractivity contribution is 7.95. The Bertz CT molecular complexity index is 510. The third-order valence-corrected chi connectivity index (χ3v) is 3.22. The molecule has 1 aromatic carbocycles. The molecule has 0 heterocycles. The number of benzene rings is 1. The number of hydrogen-bond donors (Lipinski definition) is 1. The fourth-order valence-corrected chi connectivity index (χ4v) is 1.84. The lowest BCUT2D eigenvalue weighted by molar-refractivity contribution is -0.255. The predicted molar refractivity (Wildman–Crippen MR) is 70.1 cm³/mol. The summed E-state index contributed by atoms with van der Waals surface area (Å²) in [5.74, 6) is -2.69. The van der Waals surface area contributed by atoms with Crippen LogP contribution in [0.15, 0.2) is 23.4 Å². The Morgan fingerprint density at radius 1 is 1.35 bits per heavy atom. The van der Waals surface area contributed by atoms with E-state index in [1.807, 2.05) is 0 Å². The van der Waals surface area contributed by atoms with Crippen LogP contribution in [-0.2, 0) is 14.1 Å². The molecular weight excluding hydrogens is 286 g/mol. The summed E-state index contributed by atoms with van der Waals surface area (Å²) in [6, 6.07) is 3.70. The number of carbonyl (C=O) groups excluding carboxylic acids is 1. The summed E-state index contributed by atoms with van der Waals surface area (Å²) in [6.45, 7) is 6.45. The van der Waals surface area contributed by atoms with Crippen LogP contribution in [0.5, 0.6) is 0 Å². The van der Waals surface area contributed by atoms with Crippen LogP contribution in [0.2, 0.25) is 0 Å². The average molecular weight is 298 g/mol. The molecule has 0 aromatic heterocycles. The Kier molecular flexibility index (Phi) is 5.12. The van der Waals surface area contributed by atoms with Gasteiger partial charge in [-0.2, -0.15) is 0 Å². The first-order valence-corrected chi connectivity index (χ1v) is 6.10. The molecule has 0 atom stereocenters. The number of carboxylic acids is 2. The van der Waals surface area contributed by atoms with Crippen LogP contribution < -0.4 is 5.11 Å². The highest BCUT2D eigenvalue weighted by atomic mass is 32.2. The third-order valence-electron chi connectivity index (χ3n) is 2.44. The van der Waals surface area contributed by atoms with Crippen LogP contribution in [0.4, 0.5) is 0 Å². The molecule has 0 fully saturated rings. The highest BCUT2D eigenvalue weighted by Gasteiger charge is 2.25. The van der Waals surface area contributed by atoms with Crippen molar-refractivity contribution >= 4 is 30.7 Å². The molecule has 0 aliphatic heterocycles. The van der Waals surface area contributed by atoms with Crippen molar-refractivity contribution in [1.82, 2.24) is 0 Å². The molecule has 0 unspecified atom stereocenters. The summed E-state index contributed by atoms with van der Waals surface area (Å²) in [5.41, 5.74) is 0.0451. The molecule has 7 nitrogen and oxygen atoms in total. The first kappa shape index (κ1) is 16.0. The molecule has 1 rings (SSSR count). The van der Waals surface area contributed by atoms with Crippen molar-refractivity contribution in [3.8, 4) is 0 Å². The second kappa shape index (κ2) is 6.40. The Morgan fingerprint density at radius 3 is 2.45 bits per heavy atom. The van der Waals surface area contributed by atoms with Crippen molar-refractivity contribution in [2.24, 2.45) is 5.16 Å². The molecule has 0 spiro atoms. The molecule has 0 radical (unpaired) electrons. The minimum atomic E-state index is -1.46. The van der Waals surface area contributed by atoms with E-state index in [2.05, 4.69) is 21.2 Å². The van der Waals surface area contributed by atoms with E-state index in [4.69, 9.17) is 5.11 Å². The highest BCUT2D eigenvalue weighted by Crippen LogP contribution is 2.37. The molecule has 8 heteroatoms. The van der Waals surface area contributed by atoms with Crippen molar-refractivity contribution in [2.75, 3.05) is 0 Å². The molecule has 108 valence electrons. The van der Waals surface area contributed by atoms with E-state index >= 15 is 0 Å². The summed E-state index contributed by atoms with van der Waals surface area (Å²) in [4.78, 5) is 26.2. The monoisotopic (exact) mass is 298 g/mol. The summed E-state index contributed by atoms with van der Waals surface area (Å²) in [7, 11) is 0. The maximum absolute atomic E-state index is 11.0. The van der Waals surface area contributed by atoms with E-state index < -0.39 is 16.7 Å². The molecule has 0 saturated heterocycles. The van der Waals surface area contributed by atoms with Crippen LogP contribution in [-0.4, -0.2) is 23.8 Å². The van der Waals surface area contributed by atoms with Gasteiger partial charge in [0.05, 0.1) is 28.3 Å². The Labute approximate surface area is 119 Å². The van der Waals surface area contributed by atoms with E-state index in [-0.39, 0.29) is 11.1 Å². The van der Waals surface area contributed by atoms with Gasteiger partial charge < -0.3 is 15.0 Å². The van der Waals surface area contributed by atoms with Gasteiger partial charge in [-0.05, 0) is 43.2 Å². The second-order valence-corrected chi connectivity index (χ2v) is 5.58. The van der Waals surface area contributed by atoms with E-state index in [9.17, 15) is 14.7 Å². The van der Waals surface area contributed by atoms with E-state index in [1.54, 1.807) is 13.8 Å². The molecule has 0 aliphatic carbocycles. The fraction of sp³-hybridized carbons (Fsp3) is 0.250. The van der Waals surface area contributed by atoms with Crippen LogP contribution in [0.1, 0.15) is 40.1 Å². The van der Waals surface area contributed by atoms with Crippen LogP contribution in [0.3, 0.4) is 0 Å². The summed E-state index contributed by atoms with van der Waals surface area (Å²) >= 11 is 0.835. The molecule has 0 aliphatic rings. The molecule has 20 heavy (non-hydrogen) atoms. The first-order chi connectivity index (χ1) is 9.27. The summed E-state index contributed by atoms with van der Waals surface area (Å²) in [6.07, 6.45) is 0. The standard InChI is InChI=1S/C12H13NO6S/c1-12(2,20-19-18-13-3)9-5-7(10(14)15)4-8(6-9)11(16)17/h4-6H,3H2,1-2H3,(H,14,15)(H,16,17)/p-1. The van der Waals surface area contributed by atoms with Crippen LogP contribution >= 0.6 is 12.0 Å². The minimum Gasteiger partial charge on any atom is -0.545 e. The molecule has 0 amide bonds. The first-order valence-electron chi connectivity index (χ1n) is 5.35. The van der Waals surface area contributed by atoms with Gasteiger partial charge in [0, 0.05) is 6.72 Å². The Balaban J connectivity index is 3.18. The number of carbonyl (C=O) groups is 2. The van der Waals surface area contributed by atoms with Gasteiger partial charge in [-0.3, -0.25) is 0 Å². The lowest BCUT2D eigenvalue weighted by Gasteiger charge is -2.23. The van der Waals surface area contributed by atoms with Crippen molar-refractivity contribution in [1.29, 1.82) is 0 Å². The SMILES string of the molecule is C=NOOSC(C)(C)c1cc(C(=O)[O-])cc(C(=O)O)c1. The zero-order valence-corrected chi connectivity index (χ0v) is 11.6. The predicted octanol–water partition coefficient (Wildman–Crippen LogP) is 1.20. The number of oxime groups is 1. The van der Waals surface area contributed by atoms with E-state index in [0.29, 0.717) is 5.56 Å².